The maximum absolute atomic E-state index is 11.7. The first-order valence-electron chi connectivity index (χ1n) is 7.67. The van der Waals surface area contributed by atoms with Crippen molar-refractivity contribution < 1.29 is 9.90 Å². The van der Waals surface area contributed by atoms with Crippen LogP contribution in [0.3, 0.4) is 0 Å². The number of carboxylic acids is 1. The summed E-state index contributed by atoms with van der Waals surface area (Å²) in [5, 5.41) is 21.7. The number of tetrazole rings is 1. The van der Waals surface area contributed by atoms with E-state index in [0.717, 1.165) is 43.3 Å². The van der Waals surface area contributed by atoms with E-state index in [2.05, 4.69) is 15.5 Å². The fourth-order valence-electron chi connectivity index (χ4n) is 4.32. The number of carbonyl (C=O) groups is 1. The molecule has 1 N–H and O–H groups in total. The lowest BCUT2D eigenvalue weighted by Crippen LogP contribution is -2.34. The Balaban J connectivity index is 1.56. The lowest BCUT2D eigenvalue weighted by Gasteiger charge is -2.24. The van der Waals surface area contributed by atoms with Crippen LogP contribution >= 0.6 is 0 Å². The van der Waals surface area contributed by atoms with Gasteiger partial charge in [-0.1, -0.05) is 12.8 Å². The molecule has 0 aromatic carbocycles. The number of carboxylic acid groups (broad SMARTS) is 1. The van der Waals surface area contributed by atoms with Crippen LogP contribution in [-0.2, 0) is 11.3 Å². The zero-order chi connectivity index (χ0) is 13.7. The highest BCUT2D eigenvalue weighted by Crippen LogP contribution is 2.57. The number of aromatic nitrogens is 4. The number of rotatable bonds is 4. The van der Waals surface area contributed by atoms with Gasteiger partial charge in [-0.25, -0.2) is 4.68 Å². The summed E-state index contributed by atoms with van der Waals surface area (Å²) in [6, 6.07) is 0. The Morgan fingerprint density at radius 3 is 2.60 bits per heavy atom. The van der Waals surface area contributed by atoms with E-state index in [1.807, 2.05) is 0 Å². The van der Waals surface area contributed by atoms with Gasteiger partial charge in [0.1, 0.15) is 0 Å². The second-order valence-corrected chi connectivity index (χ2v) is 6.91. The predicted octanol–water partition coefficient (Wildman–Crippen LogP) is 1.83. The molecule has 3 aliphatic rings. The highest BCUT2D eigenvalue weighted by molar-refractivity contribution is 5.74. The Bertz CT molecular complexity index is 525. The number of hydrogen-bond donors (Lipinski definition) is 1. The molecule has 0 radical (unpaired) electrons. The normalized spacial score (nSPS) is 34.1. The summed E-state index contributed by atoms with van der Waals surface area (Å²) < 4.78 is 1.79. The molecular weight excluding hydrogens is 256 g/mol. The van der Waals surface area contributed by atoms with Crippen LogP contribution in [0.4, 0.5) is 0 Å². The maximum Gasteiger partial charge on any atom is 0.311 e. The van der Waals surface area contributed by atoms with Crippen molar-refractivity contribution >= 4 is 5.97 Å². The van der Waals surface area contributed by atoms with Crippen molar-refractivity contribution in [3.05, 3.63) is 5.82 Å². The third-order valence-electron chi connectivity index (χ3n) is 5.64. The minimum absolute atomic E-state index is 0.441. The molecule has 0 bridgehead atoms. The van der Waals surface area contributed by atoms with Gasteiger partial charge in [0, 0.05) is 5.92 Å². The molecule has 0 amide bonds. The van der Waals surface area contributed by atoms with Crippen molar-refractivity contribution in [1.29, 1.82) is 0 Å². The van der Waals surface area contributed by atoms with Crippen LogP contribution in [0.15, 0.2) is 0 Å². The molecule has 1 heterocycles. The molecule has 0 aliphatic heterocycles. The molecule has 3 fully saturated rings. The van der Waals surface area contributed by atoms with Crippen molar-refractivity contribution in [3.63, 3.8) is 0 Å². The molecular formula is C14H20N4O2. The Kier molecular flexibility index (Phi) is 2.62. The van der Waals surface area contributed by atoms with Crippen LogP contribution in [0.1, 0.15) is 56.7 Å². The molecule has 1 aromatic heterocycles. The van der Waals surface area contributed by atoms with Crippen molar-refractivity contribution in [2.24, 2.45) is 17.3 Å². The number of fused-ring (bicyclic) bond motifs is 1. The van der Waals surface area contributed by atoms with Crippen LogP contribution in [0.5, 0.6) is 0 Å². The van der Waals surface area contributed by atoms with Crippen LogP contribution in [0.2, 0.25) is 0 Å². The summed E-state index contributed by atoms with van der Waals surface area (Å²) in [5.41, 5.74) is -0.647. The average Bonchev–Trinajstić information content (AvgIpc) is 2.90. The molecule has 6 nitrogen and oxygen atoms in total. The first-order valence-corrected chi connectivity index (χ1v) is 7.67. The molecule has 0 saturated heterocycles. The first-order chi connectivity index (χ1) is 9.68. The van der Waals surface area contributed by atoms with Gasteiger partial charge in [-0.05, 0) is 54.4 Å². The standard InChI is InChI=1S/C14H20N4O2/c19-13(20)14(3-1-2-4-14)8-18-12(15-16-17-18)11-6-9-5-10(9)7-11/h9-11H,1-8H2,(H,19,20). The minimum Gasteiger partial charge on any atom is -0.481 e. The van der Waals surface area contributed by atoms with Crippen LogP contribution in [0.25, 0.3) is 0 Å². The minimum atomic E-state index is -0.689. The summed E-state index contributed by atoms with van der Waals surface area (Å²) in [6.45, 7) is 0.441. The molecule has 3 aliphatic carbocycles. The van der Waals surface area contributed by atoms with Gasteiger partial charge in [0.15, 0.2) is 5.82 Å². The largest absolute Gasteiger partial charge is 0.481 e. The zero-order valence-corrected chi connectivity index (χ0v) is 11.5. The van der Waals surface area contributed by atoms with Crippen LogP contribution in [0, 0.1) is 17.3 Å². The van der Waals surface area contributed by atoms with Gasteiger partial charge < -0.3 is 5.11 Å². The van der Waals surface area contributed by atoms with E-state index in [1.54, 1.807) is 4.68 Å². The third-order valence-corrected chi connectivity index (χ3v) is 5.64. The molecule has 108 valence electrons. The van der Waals surface area contributed by atoms with E-state index >= 15 is 0 Å². The quantitative estimate of drug-likeness (QED) is 0.907. The lowest BCUT2D eigenvalue weighted by atomic mass is 9.86. The van der Waals surface area contributed by atoms with Gasteiger partial charge in [0.2, 0.25) is 0 Å². The van der Waals surface area contributed by atoms with E-state index in [0.29, 0.717) is 12.5 Å². The second kappa shape index (κ2) is 4.27. The van der Waals surface area contributed by atoms with E-state index in [1.165, 1.54) is 19.3 Å². The zero-order valence-electron chi connectivity index (χ0n) is 11.5. The first kappa shape index (κ1) is 12.3. The lowest BCUT2D eigenvalue weighted by molar-refractivity contribution is -0.149. The molecule has 20 heavy (non-hydrogen) atoms. The summed E-state index contributed by atoms with van der Waals surface area (Å²) >= 11 is 0. The van der Waals surface area contributed by atoms with Gasteiger partial charge in [-0.2, -0.15) is 0 Å². The molecule has 2 unspecified atom stereocenters. The van der Waals surface area contributed by atoms with Gasteiger partial charge in [-0.15, -0.1) is 5.10 Å². The monoisotopic (exact) mass is 276 g/mol. The van der Waals surface area contributed by atoms with E-state index in [4.69, 9.17) is 0 Å². The van der Waals surface area contributed by atoms with Gasteiger partial charge in [-0.3, -0.25) is 4.79 Å². The maximum atomic E-state index is 11.7. The Morgan fingerprint density at radius 2 is 1.95 bits per heavy atom. The average molecular weight is 276 g/mol. The molecule has 4 rings (SSSR count). The molecule has 3 saturated carbocycles. The van der Waals surface area contributed by atoms with Crippen LogP contribution < -0.4 is 0 Å². The van der Waals surface area contributed by atoms with E-state index in [-0.39, 0.29) is 0 Å². The highest BCUT2D eigenvalue weighted by atomic mass is 16.4. The molecule has 1 aromatic rings. The summed E-state index contributed by atoms with van der Waals surface area (Å²) in [5.74, 6) is 2.44. The highest BCUT2D eigenvalue weighted by Gasteiger charge is 2.48. The van der Waals surface area contributed by atoms with Gasteiger partial charge in [0.25, 0.3) is 0 Å². The van der Waals surface area contributed by atoms with Crippen molar-refractivity contribution in [2.45, 2.75) is 57.4 Å². The second-order valence-electron chi connectivity index (χ2n) is 6.91. The van der Waals surface area contributed by atoms with Gasteiger partial charge in [0.05, 0.1) is 12.0 Å². The van der Waals surface area contributed by atoms with E-state index < -0.39 is 11.4 Å². The van der Waals surface area contributed by atoms with Crippen molar-refractivity contribution in [2.75, 3.05) is 0 Å². The number of hydrogen-bond acceptors (Lipinski definition) is 4. The topological polar surface area (TPSA) is 80.9 Å². The molecule has 6 heteroatoms. The van der Waals surface area contributed by atoms with Gasteiger partial charge >= 0.3 is 5.97 Å². The summed E-state index contributed by atoms with van der Waals surface area (Å²) in [7, 11) is 0. The molecule has 0 spiro atoms. The fourth-order valence-corrected chi connectivity index (χ4v) is 4.32. The Morgan fingerprint density at radius 1 is 1.25 bits per heavy atom. The Hall–Kier alpha value is -1.46. The van der Waals surface area contributed by atoms with Crippen molar-refractivity contribution in [3.8, 4) is 0 Å². The molecule has 2 atom stereocenters. The summed E-state index contributed by atoms with van der Waals surface area (Å²) in [4.78, 5) is 11.7. The fraction of sp³-hybridized carbons (Fsp3) is 0.857. The number of nitrogens with zero attached hydrogens (tertiary/aromatic N) is 4. The van der Waals surface area contributed by atoms with Crippen LogP contribution in [-0.4, -0.2) is 31.3 Å². The SMILES string of the molecule is O=C(O)C1(Cn2nnnc2C2CC3CC3C2)CCCC1. The number of aliphatic carboxylic acids is 1. The Labute approximate surface area is 117 Å². The summed E-state index contributed by atoms with van der Waals surface area (Å²) in [6.07, 6.45) is 7.23. The van der Waals surface area contributed by atoms with E-state index in [9.17, 15) is 9.90 Å². The van der Waals surface area contributed by atoms with Crippen molar-refractivity contribution in [1.82, 2.24) is 20.2 Å². The smallest absolute Gasteiger partial charge is 0.311 e. The predicted molar refractivity (Wildman–Crippen MR) is 69.9 cm³/mol. The third kappa shape index (κ3) is 1.84.